The Morgan fingerprint density at radius 1 is 1.39 bits per heavy atom. The number of carbonyl (C=O) groups is 2. The van der Waals surface area contributed by atoms with E-state index in [1.54, 1.807) is 18.2 Å². The van der Waals surface area contributed by atoms with Gasteiger partial charge in [0.05, 0.1) is 30.2 Å². The third-order valence-electron chi connectivity index (χ3n) is 4.82. The molecule has 1 unspecified atom stereocenters. The lowest BCUT2D eigenvalue weighted by molar-refractivity contribution is -0.131. The lowest BCUT2D eigenvalue weighted by Crippen LogP contribution is -2.43. The van der Waals surface area contributed by atoms with E-state index in [-0.39, 0.29) is 0 Å². The normalized spacial score (nSPS) is 18.3. The molecule has 0 radical (unpaired) electrons. The van der Waals surface area contributed by atoms with E-state index in [9.17, 15) is 18.4 Å². The van der Waals surface area contributed by atoms with Crippen molar-refractivity contribution in [3.63, 3.8) is 0 Å². The number of alkyl halides is 2. The number of aromatic nitrogens is 1. The number of nitriles is 1. The van der Waals surface area contributed by atoms with Crippen LogP contribution in [0, 0.1) is 11.3 Å². The van der Waals surface area contributed by atoms with E-state index in [4.69, 9.17) is 5.26 Å². The van der Waals surface area contributed by atoms with Gasteiger partial charge in [0.25, 0.3) is 11.8 Å². The zero-order chi connectivity index (χ0) is 20.5. The summed E-state index contributed by atoms with van der Waals surface area (Å²) in [5, 5.41) is 12.1. The third kappa shape index (κ3) is 3.93. The smallest absolute Gasteiger partial charge is 0.268 e. The van der Waals surface area contributed by atoms with Crippen molar-refractivity contribution in [3.05, 3.63) is 41.6 Å². The monoisotopic (exact) mass is 386 g/mol. The first-order valence-corrected chi connectivity index (χ1v) is 8.95. The van der Waals surface area contributed by atoms with Crippen LogP contribution in [0.15, 0.2) is 30.5 Å². The highest BCUT2D eigenvalue weighted by Crippen LogP contribution is 2.31. The zero-order valence-electron chi connectivity index (χ0n) is 15.6. The van der Waals surface area contributed by atoms with Crippen LogP contribution >= 0.6 is 0 Å². The summed E-state index contributed by atoms with van der Waals surface area (Å²) >= 11 is 0. The molecule has 28 heavy (non-hydrogen) atoms. The Labute approximate surface area is 161 Å². The second-order valence-electron chi connectivity index (χ2n) is 7.20. The quantitative estimate of drug-likeness (QED) is 0.876. The summed E-state index contributed by atoms with van der Waals surface area (Å²) in [5.74, 6) is -3.99. The molecule has 2 amide bonds. The molecule has 1 aliphatic heterocycles. The van der Waals surface area contributed by atoms with E-state index in [1.807, 2.05) is 12.1 Å². The number of likely N-dealkylation sites (tertiary alicyclic amines) is 1. The number of amides is 2. The number of nitrogens with zero attached hydrogens (tertiary/aromatic N) is 3. The van der Waals surface area contributed by atoms with Crippen LogP contribution in [0.2, 0.25) is 0 Å². The van der Waals surface area contributed by atoms with Gasteiger partial charge in [-0.3, -0.25) is 14.6 Å². The molecule has 1 saturated heterocycles. The first kappa shape index (κ1) is 19.7. The fourth-order valence-electron chi connectivity index (χ4n) is 3.27. The van der Waals surface area contributed by atoms with Gasteiger partial charge >= 0.3 is 0 Å². The van der Waals surface area contributed by atoms with Crippen molar-refractivity contribution in [2.75, 3.05) is 13.1 Å². The Kier molecular flexibility index (Phi) is 5.27. The van der Waals surface area contributed by atoms with Gasteiger partial charge < -0.3 is 10.2 Å². The van der Waals surface area contributed by atoms with Gasteiger partial charge in [-0.2, -0.15) is 5.26 Å². The fourth-order valence-corrected chi connectivity index (χ4v) is 3.27. The number of nitrogens with one attached hydrogen (secondary N) is 1. The number of rotatable bonds is 4. The molecule has 1 aliphatic rings. The van der Waals surface area contributed by atoms with E-state index in [0.717, 1.165) is 10.5 Å². The summed E-state index contributed by atoms with van der Waals surface area (Å²) in [6.07, 6.45) is 0.826. The highest BCUT2D eigenvalue weighted by atomic mass is 19.3. The maximum atomic E-state index is 13.5. The Morgan fingerprint density at radius 2 is 2.14 bits per heavy atom. The largest absolute Gasteiger partial charge is 0.343 e. The van der Waals surface area contributed by atoms with E-state index in [0.29, 0.717) is 22.4 Å². The van der Waals surface area contributed by atoms with Crippen molar-refractivity contribution in [3.8, 4) is 6.07 Å². The van der Waals surface area contributed by atoms with E-state index in [2.05, 4.69) is 24.1 Å². The lowest BCUT2D eigenvalue weighted by Gasteiger charge is -2.19. The number of benzene rings is 1. The minimum absolute atomic E-state index is 0.313. The summed E-state index contributed by atoms with van der Waals surface area (Å²) in [5.41, 5.74) is 2.09. The van der Waals surface area contributed by atoms with Crippen molar-refractivity contribution in [1.29, 1.82) is 5.26 Å². The number of hydrogen-bond acceptors (Lipinski definition) is 4. The molecule has 2 aromatic rings. The molecule has 0 aliphatic carbocycles. The molecule has 1 aromatic heterocycles. The average Bonchev–Trinajstić information content (AvgIpc) is 2.99. The van der Waals surface area contributed by atoms with Crippen molar-refractivity contribution in [2.45, 2.75) is 38.2 Å². The molecule has 2 heterocycles. The molecule has 1 aromatic carbocycles. The first-order chi connectivity index (χ1) is 13.2. The molecule has 1 atom stereocenters. The average molecular weight is 386 g/mol. The summed E-state index contributed by atoms with van der Waals surface area (Å²) in [6.45, 7) is 2.84. The summed E-state index contributed by atoms with van der Waals surface area (Å²) in [4.78, 5) is 29.9. The van der Waals surface area contributed by atoms with E-state index >= 15 is 0 Å². The fraction of sp³-hybridized carbons (Fsp3) is 0.400. The van der Waals surface area contributed by atoms with Crippen LogP contribution in [0.1, 0.15) is 42.1 Å². The number of carbonyl (C=O) groups excluding carboxylic acids is 2. The Bertz CT molecular complexity index is 968. The van der Waals surface area contributed by atoms with Crippen LogP contribution in [0.4, 0.5) is 8.78 Å². The van der Waals surface area contributed by atoms with Crippen molar-refractivity contribution in [2.24, 2.45) is 0 Å². The SMILES string of the molecule is CC(C)c1ccc2c(C(=O)NCC(=O)N3CC(F)(F)CC3C#N)ccnc2c1. The standard InChI is InChI=1S/C20H20F2N4O2/c1-12(2)13-3-4-15-16(5-6-24-17(15)7-13)19(28)25-10-18(27)26-11-20(21,22)8-14(26)9-23/h3-7,12,14H,8,10-11H2,1-2H3,(H,25,28). The van der Waals surface area contributed by atoms with Gasteiger partial charge in [-0.25, -0.2) is 8.78 Å². The molecular weight excluding hydrogens is 366 g/mol. The van der Waals surface area contributed by atoms with Gasteiger partial charge in [-0.15, -0.1) is 0 Å². The Morgan fingerprint density at radius 3 is 2.82 bits per heavy atom. The molecule has 146 valence electrons. The zero-order valence-corrected chi connectivity index (χ0v) is 15.6. The van der Waals surface area contributed by atoms with Crippen LogP contribution in [-0.2, 0) is 4.79 Å². The molecule has 0 saturated carbocycles. The predicted molar refractivity (Wildman–Crippen MR) is 98.8 cm³/mol. The number of pyridine rings is 1. The van der Waals surface area contributed by atoms with Gasteiger partial charge in [0.15, 0.2) is 0 Å². The molecule has 3 rings (SSSR count). The predicted octanol–water partition coefficient (Wildman–Crippen LogP) is 2.85. The van der Waals surface area contributed by atoms with Crippen molar-refractivity contribution < 1.29 is 18.4 Å². The maximum Gasteiger partial charge on any atom is 0.268 e. The number of hydrogen-bond donors (Lipinski definition) is 1. The van der Waals surface area contributed by atoms with Gasteiger partial charge in [-0.05, 0) is 23.6 Å². The van der Waals surface area contributed by atoms with Crippen LogP contribution < -0.4 is 5.32 Å². The molecule has 6 nitrogen and oxygen atoms in total. The Hall–Kier alpha value is -3.08. The molecule has 8 heteroatoms. The van der Waals surface area contributed by atoms with E-state index < -0.39 is 43.3 Å². The first-order valence-electron chi connectivity index (χ1n) is 8.95. The summed E-state index contributed by atoms with van der Waals surface area (Å²) in [7, 11) is 0. The minimum Gasteiger partial charge on any atom is -0.343 e. The second kappa shape index (κ2) is 7.50. The molecular formula is C20H20F2N4O2. The summed E-state index contributed by atoms with van der Waals surface area (Å²) < 4.78 is 27.0. The van der Waals surface area contributed by atoms with Crippen molar-refractivity contribution >= 4 is 22.7 Å². The third-order valence-corrected chi connectivity index (χ3v) is 4.82. The molecule has 0 bridgehead atoms. The van der Waals surface area contributed by atoms with Crippen LogP contribution in [0.3, 0.4) is 0 Å². The number of fused-ring (bicyclic) bond motifs is 1. The lowest BCUT2D eigenvalue weighted by atomic mass is 9.99. The highest BCUT2D eigenvalue weighted by Gasteiger charge is 2.47. The van der Waals surface area contributed by atoms with Gasteiger partial charge in [0.1, 0.15) is 6.04 Å². The second-order valence-corrected chi connectivity index (χ2v) is 7.20. The number of halogens is 2. The maximum absolute atomic E-state index is 13.5. The highest BCUT2D eigenvalue weighted by molar-refractivity contribution is 6.07. The molecule has 0 spiro atoms. The van der Waals surface area contributed by atoms with Crippen molar-refractivity contribution in [1.82, 2.24) is 15.2 Å². The molecule has 1 fully saturated rings. The van der Waals surface area contributed by atoms with Crippen LogP contribution in [0.5, 0.6) is 0 Å². The summed E-state index contributed by atoms with van der Waals surface area (Å²) in [6, 6.07) is 7.70. The van der Waals surface area contributed by atoms with E-state index in [1.165, 1.54) is 6.20 Å². The topological polar surface area (TPSA) is 86.1 Å². The van der Waals surface area contributed by atoms with Crippen LogP contribution in [-0.4, -0.2) is 46.8 Å². The van der Waals surface area contributed by atoms with Crippen LogP contribution in [0.25, 0.3) is 10.9 Å². The van der Waals surface area contributed by atoms with Gasteiger partial charge in [0.2, 0.25) is 5.91 Å². The van der Waals surface area contributed by atoms with Gasteiger partial charge in [-0.1, -0.05) is 26.0 Å². The van der Waals surface area contributed by atoms with Gasteiger partial charge in [0, 0.05) is 18.0 Å². The Balaban J connectivity index is 1.73. The minimum atomic E-state index is -3.09. The molecule has 1 N–H and O–H groups in total.